The first-order valence-corrected chi connectivity index (χ1v) is 11.2. The van der Waals surface area contributed by atoms with Crippen molar-refractivity contribution in [3.05, 3.63) is 90.0 Å². The fourth-order valence-corrected chi connectivity index (χ4v) is 3.06. The molecule has 3 aromatic carbocycles. The summed E-state index contributed by atoms with van der Waals surface area (Å²) in [5.74, 6) is -1.38. The Morgan fingerprint density at radius 2 is 1.40 bits per heavy atom. The van der Waals surface area contributed by atoms with Crippen molar-refractivity contribution in [2.24, 2.45) is 5.10 Å². The summed E-state index contributed by atoms with van der Waals surface area (Å²) in [4.78, 5) is 36.3. The minimum absolute atomic E-state index is 0.0490. The topological polar surface area (TPSA) is 109 Å². The summed E-state index contributed by atoms with van der Waals surface area (Å²) < 4.78 is 5.73. The Morgan fingerprint density at radius 3 is 2.06 bits per heavy atom. The molecule has 0 aliphatic rings. The van der Waals surface area contributed by atoms with Gasteiger partial charge in [0.2, 0.25) is 5.91 Å². The Bertz CT molecular complexity index is 1170. The van der Waals surface area contributed by atoms with Gasteiger partial charge in [0.1, 0.15) is 12.4 Å². The number of hydrogen-bond donors (Lipinski definition) is 3. The number of benzene rings is 3. The number of amides is 3. The minimum Gasteiger partial charge on any atom is -0.489 e. The molecule has 0 aliphatic carbocycles. The maximum Gasteiger partial charge on any atom is 0.329 e. The normalized spacial score (nSPS) is 10.9. The highest BCUT2D eigenvalue weighted by atomic mass is 16.5. The standard InChI is InChI=1S/C27H28N4O4/c1-3-20-9-11-23(12-10-20)29-26(33)27(34)31-30-19(2)17-25(32)28-22-13-15-24(16-14-22)35-18-21-7-5-4-6-8-21/h4-16H,3,17-18H2,1-2H3,(H,28,32)(H,29,33)(H,31,34)/b30-19+. The van der Waals surface area contributed by atoms with E-state index in [4.69, 9.17) is 4.74 Å². The van der Waals surface area contributed by atoms with Gasteiger partial charge in [0.05, 0.1) is 6.42 Å². The molecule has 0 atom stereocenters. The van der Waals surface area contributed by atoms with Crippen molar-refractivity contribution >= 4 is 34.8 Å². The van der Waals surface area contributed by atoms with Gasteiger partial charge in [0.25, 0.3) is 0 Å². The van der Waals surface area contributed by atoms with Crippen LogP contribution in [-0.2, 0) is 27.4 Å². The van der Waals surface area contributed by atoms with E-state index in [0.717, 1.165) is 17.5 Å². The summed E-state index contributed by atoms with van der Waals surface area (Å²) in [5.41, 5.74) is 5.82. The van der Waals surface area contributed by atoms with E-state index in [9.17, 15) is 14.4 Å². The molecule has 0 heterocycles. The molecule has 0 spiro atoms. The Morgan fingerprint density at radius 1 is 0.771 bits per heavy atom. The molecule has 0 fully saturated rings. The van der Waals surface area contributed by atoms with Crippen molar-refractivity contribution in [2.75, 3.05) is 10.6 Å². The Balaban J connectivity index is 1.41. The lowest BCUT2D eigenvalue weighted by atomic mass is 10.1. The van der Waals surface area contributed by atoms with Gasteiger partial charge >= 0.3 is 11.8 Å². The Labute approximate surface area is 204 Å². The molecule has 0 unspecified atom stereocenters. The number of nitrogens with zero attached hydrogens (tertiary/aromatic N) is 1. The maximum absolute atomic E-state index is 12.3. The second-order valence-corrected chi connectivity index (χ2v) is 7.82. The summed E-state index contributed by atoms with van der Waals surface area (Å²) in [6.45, 7) is 4.07. The van der Waals surface area contributed by atoms with Crippen LogP contribution in [0.25, 0.3) is 0 Å². The van der Waals surface area contributed by atoms with Crippen molar-refractivity contribution in [1.29, 1.82) is 0 Å². The molecule has 3 N–H and O–H groups in total. The van der Waals surface area contributed by atoms with E-state index in [0.29, 0.717) is 29.4 Å². The third kappa shape index (κ3) is 8.43. The second-order valence-electron chi connectivity index (χ2n) is 7.82. The minimum atomic E-state index is -0.921. The van der Waals surface area contributed by atoms with E-state index in [-0.39, 0.29) is 12.3 Å². The smallest absolute Gasteiger partial charge is 0.329 e. The summed E-state index contributed by atoms with van der Waals surface area (Å²) in [5, 5.41) is 9.10. The van der Waals surface area contributed by atoms with E-state index < -0.39 is 11.8 Å². The third-order valence-corrected chi connectivity index (χ3v) is 4.98. The van der Waals surface area contributed by atoms with Gasteiger partial charge in [0.15, 0.2) is 0 Å². The highest BCUT2D eigenvalue weighted by Gasteiger charge is 2.13. The third-order valence-electron chi connectivity index (χ3n) is 4.98. The van der Waals surface area contributed by atoms with Crippen molar-refractivity contribution < 1.29 is 19.1 Å². The van der Waals surface area contributed by atoms with Crippen LogP contribution >= 0.6 is 0 Å². The highest BCUT2D eigenvalue weighted by molar-refractivity contribution is 6.39. The van der Waals surface area contributed by atoms with Crippen LogP contribution in [0.2, 0.25) is 0 Å². The van der Waals surface area contributed by atoms with Gasteiger partial charge in [-0.05, 0) is 60.9 Å². The lowest BCUT2D eigenvalue weighted by Crippen LogP contribution is -2.33. The zero-order chi connectivity index (χ0) is 25.0. The van der Waals surface area contributed by atoms with Crippen LogP contribution in [0.3, 0.4) is 0 Å². The summed E-state index contributed by atoms with van der Waals surface area (Å²) in [6, 6.07) is 24.1. The van der Waals surface area contributed by atoms with Crippen molar-refractivity contribution in [1.82, 2.24) is 5.43 Å². The number of carbonyl (C=O) groups is 3. The molecule has 8 nitrogen and oxygen atoms in total. The predicted molar refractivity (Wildman–Crippen MR) is 136 cm³/mol. The fourth-order valence-electron chi connectivity index (χ4n) is 3.06. The lowest BCUT2D eigenvalue weighted by molar-refractivity contribution is -0.136. The Hall–Kier alpha value is -4.46. The molecule has 3 rings (SSSR count). The van der Waals surface area contributed by atoms with E-state index in [1.54, 1.807) is 43.3 Å². The van der Waals surface area contributed by atoms with Crippen molar-refractivity contribution in [2.45, 2.75) is 33.3 Å². The summed E-state index contributed by atoms with van der Waals surface area (Å²) in [7, 11) is 0. The number of rotatable bonds is 9. The number of anilines is 2. The Kier molecular flexibility index (Phi) is 9.13. The van der Waals surface area contributed by atoms with E-state index in [2.05, 4.69) is 21.2 Å². The van der Waals surface area contributed by atoms with Crippen LogP contribution in [0.15, 0.2) is 84.0 Å². The molecule has 180 valence electrons. The quantitative estimate of drug-likeness (QED) is 0.245. The molecule has 3 amide bonds. The lowest BCUT2D eigenvalue weighted by Gasteiger charge is -2.09. The number of ether oxygens (including phenoxy) is 1. The summed E-state index contributed by atoms with van der Waals surface area (Å²) in [6.07, 6.45) is 0.831. The van der Waals surface area contributed by atoms with Gasteiger partial charge in [-0.3, -0.25) is 14.4 Å². The van der Waals surface area contributed by atoms with E-state index in [1.807, 2.05) is 49.4 Å². The van der Waals surface area contributed by atoms with Gasteiger partial charge in [-0.1, -0.05) is 49.4 Å². The maximum atomic E-state index is 12.3. The molecular formula is C27H28N4O4. The zero-order valence-electron chi connectivity index (χ0n) is 19.7. The van der Waals surface area contributed by atoms with Gasteiger partial charge in [-0.2, -0.15) is 5.10 Å². The molecule has 0 aliphatic heterocycles. The average Bonchev–Trinajstić information content (AvgIpc) is 2.87. The number of hydrazone groups is 1. The van der Waals surface area contributed by atoms with E-state index >= 15 is 0 Å². The van der Waals surface area contributed by atoms with Crippen LogP contribution < -0.4 is 20.8 Å². The van der Waals surface area contributed by atoms with Crippen molar-refractivity contribution in [3.63, 3.8) is 0 Å². The monoisotopic (exact) mass is 472 g/mol. The van der Waals surface area contributed by atoms with Crippen LogP contribution in [0.4, 0.5) is 11.4 Å². The molecule has 3 aromatic rings. The van der Waals surface area contributed by atoms with Crippen LogP contribution in [0.1, 0.15) is 31.4 Å². The number of carbonyl (C=O) groups excluding carboxylic acids is 3. The first-order chi connectivity index (χ1) is 16.9. The molecule has 0 saturated heterocycles. The van der Waals surface area contributed by atoms with Gasteiger partial charge in [-0.15, -0.1) is 0 Å². The largest absolute Gasteiger partial charge is 0.489 e. The molecule has 0 bridgehead atoms. The van der Waals surface area contributed by atoms with Crippen LogP contribution in [0, 0.1) is 0 Å². The molecule has 35 heavy (non-hydrogen) atoms. The predicted octanol–water partition coefficient (Wildman–Crippen LogP) is 4.29. The molecular weight excluding hydrogens is 444 g/mol. The molecule has 0 aromatic heterocycles. The van der Waals surface area contributed by atoms with Crippen LogP contribution in [-0.4, -0.2) is 23.4 Å². The van der Waals surface area contributed by atoms with Gasteiger partial charge in [0, 0.05) is 17.1 Å². The first kappa shape index (κ1) is 25.2. The van der Waals surface area contributed by atoms with E-state index in [1.165, 1.54) is 0 Å². The van der Waals surface area contributed by atoms with Gasteiger partial charge < -0.3 is 15.4 Å². The number of nitrogens with one attached hydrogen (secondary N) is 3. The average molecular weight is 473 g/mol. The summed E-state index contributed by atoms with van der Waals surface area (Å²) >= 11 is 0. The molecule has 0 radical (unpaired) electrons. The van der Waals surface area contributed by atoms with Gasteiger partial charge in [-0.25, -0.2) is 5.43 Å². The second kappa shape index (κ2) is 12.7. The zero-order valence-corrected chi connectivity index (χ0v) is 19.7. The fraction of sp³-hybridized carbons (Fsp3) is 0.185. The first-order valence-electron chi connectivity index (χ1n) is 11.2. The SMILES string of the molecule is CCc1ccc(NC(=O)C(=O)N/N=C(\C)CC(=O)Nc2ccc(OCc3ccccc3)cc2)cc1. The number of hydrogen-bond acceptors (Lipinski definition) is 5. The van der Waals surface area contributed by atoms with Crippen LogP contribution in [0.5, 0.6) is 5.75 Å². The molecule has 0 saturated carbocycles. The highest BCUT2D eigenvalue weighted by Crippen LogP contribution is 2.17. The van der Waals surface area contributed by atoms with Crippen molar-refractivity contribution in [3.8, 4) is 5.75 Å². The molecule has 8 heteroatoms. The number of aryl methyl sites for hydroxylation is 1.